The number of rotatable bonds is 3. The number of anilines is 1. The highest BCUT2D eigenvalue weighted by molar-refractivity contribution is 9.11. The van der Waals surface area contributed by atoms with Crippen molar-refractivity contribution in [3.63, 3.8) is 0 Å². The van der Waals surface area contributed by atoms with E-state index in [4.69, 9.17) is 0 Å². The number of hydrogen-bond donors (Lipinski definition) is 1. The summed E-state index contributed by atoms with van der Waals surface area (Å²) < 4.78 is 4.57. The number of carbonyl (C=O) groups excluding carboxylic acids is 3. The topological polar surface area (TPSA) is 71.4 Å². The van der Waals surface area contributed by atoms with E-state index < -0.39 is 17.8 Å². The largest absolute Gasteiger partial charge is 0.335 e. The first-order chi connectivity index (χ1) is 15.2. The number of imide groups is 2. The Morgan fingerprint density at radius 2 is 1.31 bits per heavy atom. The Hall–Kier alpha value is -2.49. The van der Waals surface area contributed by atoms with Gasteiger partial charge in [0.15, 0.2) is 0 Å². The number of barbiturate groups is 1. The molecule has 1 aliphatic heterocycles. The van der Waals surface area contributed by atoms with E-state index in [1.165, 1.54) is 6.08 Å². The van der Waals surface area contributed by atoms with E-state index in [0.29, 0.717) is 11.3 Å². The molecule has 0 aliphatic carbocycles. The maximum Gasteiger partial charge on any atom is 0.335 e. The molecule has 1 aromatic heterocycles. The van der Waals surface area contributed by atoms with E-state index in [2.05, 4.69) is 53.1 Å². The van der Waals surface area contributed by atoms with E-state index in [1.54, 1.807) is 24.3 Å². The number of halogens is 3. The van der Waals surface area contributed by atoms with Crippen molar-refractivity contribution < 1.29 is 14.4 Å². The molecule has 0 atom stereocenters. The lowest BCUT2D eigenvalue weighted by atomic mass is 10.1. The first-order valence-corrected chi connectivity index (χ1v) is 11.9. The molecule has 32 heavy (non-hydrogen) atoms. The van der Waals surface area contributed by atoms with Crippen molar-refractivity contribution in [1.29, 1.82) is 0 Å². The molecular formula is C23H16Br3N3O3. The van der Waals surface area contributed by atoms with E-state index >= 15 is 0 Å². The average Bonchev–Trinajstić information content (AvgIpc) is 2.96. The zero-order valence-electron chi connectivity index (χ0n) is 16.9. The van der Waals surface area contributed by atoms with Crippen LogP contribution in [-0.2, 0) is 9.59 Å². The molecule has 0 radical (unpaired) electrons. The molecular weight excluding hydrogens is 606 g/mol. The summed E-state index contributed by atoms with van der Waals surface area (Å²) in [4.78, 5) is 39.2. The van der Waals surface area contributed by atoms with Gasteiger partial charge in [0, 0.05) is 36.1 Å². The Kier molecular flexibility index (Phi) is 6.24. The lowest BCUT2D eigenvalue weighted by Gasteiger charge is -2.26. The number of hydrogen-bond acceptors (Lipinski definition) is 3. The van der Waals surface area contributed by atoms with E-state index in [0.717, 1.165) is 35.4 Å². The first kappa shape index (κ1) is 22.7. The van der Waals surface area contributed by atoms with Gasteiger partial charge in [0.05, 0.1) is 5.69 Å². The molecule has 162 valence electrons. The number of nitrogens with one attached hydrogen (secondary N) is 1. The second-order valence-electron chi connectivity index (χ2n) is 7.14. The van der Waals surface area contributed by atoms with Gasteiger partial charge in [-0.2, -0.15) is 0 Å². The molecule has 0 saturated carbocycles. The van der Waals surface area contributed by atoms with Crippen LogP contribution in [0.15, 0.2) is 67.5 Å². The molecule has 3 aromatic rings. The molecule has 9 heteroatoms. The minimum absolute atomic E-state index is 0.121. The number of benzene rings is 2. The van der Waals surface area contributed by atoms with Crippen LogP contribution in [0, 0.1) is 13.8 Å². The van der Waals surface area contributed by atoms with Crippen LogP contribution >= 0.6 is 47.8 Å². The maximum atomic E-state index is 13.2. The van der Waals surface area contributed by atoms with E-state index in [-0.39, 0.29) is 5.57 Å². The fraction of sp³-hybridized carbons (Fsp3) is 0.0870. The second kappa shape index (κ2) is 8.80. The highest BCUT2D eigenvalue weighted by Gasteiger charge is 2.37. The van der Waals surface area contributed by atoms with Crippen LogP contribution < -0.4 is 10.2 Å². The summed E-state index contributed by atoms with van der Waals surface area (Å²) in [5, 5.41) is 2.26. The predicted octanol–water partition coefficient (Wildman–Crippen LogP) is 6.05. The van der Waals surface area contributed by atoms with Gasteiger partial charge in [-0.3, -0.25) is 14.9 Å². The maximum absolute atomic E-state index is 13.2. The van der Waals surface area contributed by atoms with E-state index in [9.17, 15) is 14.4 Å². The number of carbonyl (C=O) groups is 3. The molecule has 1 fully saturated rings. The Morgan fingerprint density at radius 1 is 0.781 bits per heavy atom. The van der Waals surface area contributed by atoms with Gasteiger partial charge in [0.25, 0.3) is 11.8 Å². The van der Waals surface area contributed by atoms with Gasteiger partial charge in [-0.05, 0) is 84.4 Å². The Labute approximate surface area is 209 Å². The Balaban J connectivity index is 1.80. The Morgan fingerprint density at radius 3 is 1.88 bits per heavy atom. The highest BCUT2D eigenvalue weighted by Crippen LogP contribution is 2.33. The summed E-state index contributed by atoms with van der Waals surface area (Å²) in [6.07, 6.45) is 1.53. The zero-order chi connectivity index (χ0) is 23.2. The third-order valence-corrected chi connectivity index (χ3v) is 7.23. The molecule has 0 unspecified atom stereocenters. The van der Waals surface area contributed by atoms with Crippen molar-refractivity contribution in [2.75, 3.05) is 4.90 Å². The fourth-order valence-electron chi connectivity index (χ4n) is 3.60. The molecule has 1 N–H and O–H groups in total. The van der Waals surface area contributed by atoms with Crippen molar-refractivity contribution in [3.05, 3.63) is 84.5 Å². The summed E-state index contributed by atoms with van der Waals surface area (Å²) in [6.45, 7) is 3.86. The SMILES string of the molecule is Cc1c(Br)c(/C=C2\C(=O)NC(=O)N(c3ccc(Br)cc3)C2=O)c(C)n1-c1ccc(Br)cc1. The number of urea groups is 1. The summed E-state index contributed by atoms with van der Waals surface area (Å²) in [5.41, 5.74) is 3.64. The van der Waals surface area contributed by atoms with Gasteiger partial charge >= 0.3 is 6.03 Å². The molecule has 1 saturated heterocycles. The van der Waals surface area contributed by atoms with Gasteiger partial charge in [-0.1, -0.05) is 31.9 Å². The Bertz CT molecular complexity index is 1290. The zero-order valence-corrected chi connectivity index (χ0v) is 21.7. The minimum Gasteiger partial charge on any atom is -0.317 e. The van der Waals surface area contributed by atoms with Crippen molar-refractivity contribution in [2.45, 2.75) is 13.8 Å². The van der Waals surface area contributed by atoms with Gasteiger partial charge in [0.2, 0.25) is 0 Å². The molecule has 0 spiro atoms. The predicted molar refractivity (Wildman–Crippen MR) is 134 cm³/mol. The average molecular weight is 622 g/mol. The molecule has 4 rings (SSSR count). The normalized spacial score (nSPS) is 15.5. The molecule has 0 bridgehead atoms. The smallest absolute Gasteiger partial charge is 0.317 e. The van der Waals surface area contributed by atoms with Crippen molar-refractivity contribution in [1.82, 2.24) is 9.88 Å². The lowest BCUT2D eigenvalue weighted by molar-refractivity contribution is -0.122. The van der Waals surface area contributed by atoms with Crippen LogP contribution in [0.5, 0.6) is 0 Å². The summed E-state index contributed by atoms with van der Waals surface area (Å²) in [5.74, 6) is -1.41. The molecule has 4 amide bonds. The second-order valence-corrected chi connectivity index (χ2v) is 9.77. The molecule has 2 aromatic carbocycles. The third kappa shape index (κ3) is 4.00. The number of amides is 4. The van der Waals surface area contributed by atoms with Gasteiger partial charge in [-0.25, -0.2) is 9.69 Å². The quantitative estimate of drug-likeness (QED) is 0.286. The standard InChI is InChI=1S/C23H16Br3N3O3/c1-12-18(20(26)13(2)28(12)16-7-3-14(24)4-8-16)11-19-21(30)27-23(32)29(22(19)31)17-9-5-15(25)6-10-17/h3-11H,1-2H3,(H,27,30,32)/b19-11+. The van der Waals surface area contributed by atoms with Gasteiger partial charge < -0.3 is 4.57 Å². The first-order valence-electron chi connectivity index (χ1n) is 9.49. The highest BCUT2D eigenvalue weighted by atomic mass is 79.9. The van der Waals surface area contributed by atoms with Crippen LogP contribution in [0.25, 0.3) is 11.8 Å². The van der Waals surface area contributed by atoms with E-state index in [1.807, 2.05) is 42.7 Å². The fourth-order valence-corrected chi connectivity index (χ4v) is 4.70. The number of nitrogens with zero attached hydrogens (tertiary/aromatic N) is 2. The van der Waals surface area contributed by atoms with Crippen molar-refractivity contribution in [3.8, 4) is 5.69 Å². The van der Waals surface area contributed by atoms with Crippen molar-refractivity contribution in [2.24, 2.45) is 0 Å². The minimum atomic E-state index is -0.779. The lowest BCUT2D eigenvalue weighted by Crippen LogP contribution is -2.54. The molecule has 6 nitrogen and oxygen atoms in total. The summed E-state index contributed by atoms with van der Waals surface area (Å²) in [7, 11) is 0. The molecule has 1 aliphatic rings. The van der Waals surface area contributed by atoms with Crippen molar-refractivity contribution >= 4 is 77.4 Å². The summed E-state index contributed by atoms with van der Waals surface area (Å²) in [6, 6.07) is 13.8. The molecule has 2 heterocycles. The summed E-state index contributed by atoms with van der Waals surface area (Å²) >= 11 is 10.4. The van der Waals surface area contributed by atoms with Crippen LogP contribution in [0.1, 0.15) is 17.0 Å². The van der Waals surface area contributed by atoms with Crippen LogP contribution in [0.4, 0.5) is 10.5 Å². The van der Waals surface area contributed by atoms with Crippen LogP contribution in [0.2, 0.25) is 0 Å². The van der Waals surface area contributed by atoms with Crippen LogP contribution in [-0.4, -0.2) is 22.4 Å². The monoisotopic (exact) mass is 619 g/mol. The number of aromatic nitrogens is 1. The third-order valence-electron chi connectivity index (χ3n) is 5.17. The van der Waals surface area contributed by atoms with Gasteiger partial charge in [0.1, 0.15) is 5.57 Å². The van der Waals surface area contributed by atoms with Gasteiger partial charge in [-0.15, -0.1) is 0 Å². The van der Waals surface area contributed by atoms with Crippen LogP contribution in [0.3, 0.4) is 0 Å².